The number of anilines is 1. The summed E-state index contributed by atoms with van der Waals surface area (Å²) in [5.74, 6) is -2.02. The molecule has 0 saturated heterocycles. The molecule has 0 spiro atoms. The van der Waals surface area contributed by atoms with Crippen LogP contribution in [0.1, 0.15) is 28.0 Å². The van der Waals surface area contributed by atoms with E-state index in [0.717, 1.165) is 23.4 Å². The average Bonchev–Trinajstić information content (AvgIpc) is 3.20. The van der Waals surface area contributed by atoms with Gasteiger partial charge in [-0.2, -0.15) is 0 Å². The average molecular weight is 430 g/mol. The van der Waals surface area contributed by atoms with Crippen molar-refractivity contribution < 1.29 is 23.1 Å². The Labute approximate surface area is 174 Å². The summed E-state index contributed by atoms with van der Waals surface area (Å²) in [4.78, 5) is 32.7. The molecule has 0 fully saturated rings. The number of hydrogen-bond donors (Lipinski definition) is 2. The molecule has 154 valence electrons. The molecule has 1 aromatic carbocycles. The summed E-state index contributed by atoms with van der Waals surface area (Å²) in [6.07, 6.45) is 2.52. The number of carbonyl (C=O) groups excluding carboxylic acids is 2. The van der Waals surface area contributed by atoms with Crippen LogP contribution in [0.25, 0.3) is 0 Å². The predicted molar refractivity (Wildman–Crippen MR) is 106 cm³/mol. The van der Waals surface area contributed by atoms with Gasteiger partial charge < -0.3 is 10.1 Å². The standard InChI is InChI=1S/C20H16F2N4O3S/c21-13-6-11(7-14(22)9-13)18(27)24-15-3-4-16-12(8-15)10-23-19(25-16)26-20(28)29-17-2-1-5-30-17/h1-2,5-7,9-10,15H,3-4,8H2,(H,24,27)(H,23,25,26,28). The number of amides is 2. The molecule has 1 aliphatic rings. The van der Waals surface area contributed by atoms with Crippen molar-refractivity contribution in [3.63, 3.8) is 0 Å². The van der Waals surface area contributed by atoms with Gasteiger partial charge in [0.1, 0.15) is 11.6 Å². The van der Waals surface area contributed by atoms with Crippen molar-refractivity contribution in [2.24, 2.45) is 0 Å². The van der Waals surface area contributed by atoms with Crippen LogP contribution in [0.15, 0.2) is 41.9 Å². The summed E-state index contributed by atoms with van der Waals surface area (Å²) in [6, 6.07) is 5.92. The molecule has 2 amide bonds. The number of ether oxygens (including phenoxy) is 1. The molecular weight excluding hydrogens is 414 g/mol. The van der Waals surface area contributed by atoms with E-state index in [9.17, 15) is 18.4 Å². The lowest BCUT2D eigenvalue weighted by atomic mass is 9.92. The minimum atomic E-state index is -0.805. The molecule has 2 heterocycles. The number of fused-ring (bicyclic) bond motifs is 1. The maximum Gasteiger partial charge on any atom is 0.420 e. The number of hydrogen-bond acceptors (Lipinski definition) is 6. The number of rotatable bonds is 4. The molecule has 2 N–H and O–H groups in total. The van der Waals surface area contributed by atoms with Crippen molar-refractivity contribution in [1.82, 2.24) is 15.3 Å². The second-order valence-electron chi connectivity index (χ2n) is 6.68. The molecule has 1 atom stereocenters. The van der Waals surface area contributed by atoms with E-state index < -0.39 is 23.6 Å². The zero-order chi connectivity index (χ0) is 21.1. The molecule has 1 unspecified atom stereocenters. The van der Waals surface area contributed by atoms with Gasteiger partial charge in [0.25, 0.3) is 5.91 Å². The van der Waals surface area contributed by atoms with Crippen LogP contribution in [0.4, 0.5) is 19.5 Å². The fourth-order valence-electron chi connectivity index (χ4n) is 3.17. The second kappa shape index (κ2) is 8.54. The highest BCUT2D eigenvalue weighted by Gasteiger charge is 2.23. The predicted octanol–water partition coefficient (Wildman–Crippen LogP) is 3.71. The van der Waals surface area contributed by atoms with Gasteiger partial charge in [-0.15, -0.1) is 11.3 Å². The third-order valence-electron chi connectivity index (χ3n) is 4.51. The summed E-state index contributed by atoms with van der Waals surface area (Å²) in [5, 5.41) is 7.52. The van der Waals surface area contributed by atoms with Crippen LogP contribution in [-0.2, 0) is 12.8 Å². The summed E-state index contributed by atoms with van der Waals surface area (Å²) < 4.78 is 31.8. The van der Waals surface area contributed by atoms with Crippen LogP contribution in [0.2, 0.25) is 0 Å². The quantitative estimate of drug-likeness (QED) is 0.658. The number of aryl methyl sites for hydroxylation is 1. The lowest BCUT2D eigenvalue weighted by Gasteiger charge is -2.25. The lowest BCUT2D eigenvalue weighted by Crippen LogP contribution is -2.39. The van der Waals surface area contributed by atoms with Gasteiger partial charge in [-0.25, -0.2) is 23.5 Å². The van der Waals surface area contributed by atoms with Crippen molar-refractivity contribution in [3.05, 3.63) is 70.4 Å². The zero-order valence-corrected chi connectivity index (χ0v) is 16.3. The van der Waals surface area contributed by atoms with Crippen molar-refractivity contribution >= 4 is 29.3 Å². The molecule has 1 aliphatic carbocycles. The van der Waals surface area contributed by atoms with E-state index in [1.54, 1.807) is 23.7 Å². The molecular formula is C20H16F2N4O3S. The van der Waals surface area contributed by atoms with Gasteiger partial charge in [-0.05, 0) is 54.5 Å². The smallest absolute Gasteiger partial charge is 0.399 e. The zero-order valence-electron chi connectivity index (χ0n) is 15.5. The van der Waals surface area contributed by atoms with Gasteiger partial charge >= 0.3 is 6.09 Å². The van der Waals surface area contributed by atoms with E-state index in [4.69, 9.17) is 4.74 Å². The minimum Gasteiger partial charge on any atom is -0.399 e. The van der Waals surface area contributed by atoms with Crippen molar-refractivity contribution in [2.75, 3.05) is 5.32 Å². The third kappa shape index (κ3) is 4.77. The maximum atomic E-state index is 13.3. The highest BCUT2D eigenvalue weighted by atomic mass is 32.1. The number of nitrogens with zero attached hydrogens (tertiary/aromatic N) is 2. The van der Waals surface area contributed by atoms with Gasteiger partial charge in [0.2, 0.25) is 5.95 Å². The first-order chi connectivity index (χ1) is 14.5. The van der Waals surface area contributed by atoms with Crippen LogP contribution in [0, 0.1) is 11.6 Å². The third-order valence-corrected chi connectivity index (χ3v) is 5.26. The first-order valence-electron chi connectivity index (χ1n) is 9.10. The summed E-state index contributed by atoms with van der Waals surface area (Å²) in [7, 11) is 0. The molecule has 0 aliphatic heterocycles. The Morgan fingerprint density at radius 3 is 2.73 bits per heavy atom. The monoisotopic (exact) mass is 430 g/mol. The van der Waals surface area contributed by atoms with E-state index in [2.05, 4.69) is 20.6 Å². The van der Waals surface area contributed by atoms with Gasteiger partial charge in [0.15, 0.2) is 5.06 Å². The molecule has 3 aromatic rings. The Morgan fingerprint density at radius 1 is 1.20 bits per heavy atom. The fourth-order valence-corrected chi connectivity index (χ4v) is 3.75. The summed E-state index contributed by atoms with van der Waals surface area (Å²) >= 11 is 1.29. The normalized spacial score (nSPS) is 15.2. The van der Waals surface area contributed by atoms with Crippen molar-refractivity contribution in [2.45, 2.75) is 25.3 Å². The largest absolute Gasteiger partial charge is 0.420 e. The second-order valence-corrected chi connectivity index (χ2v) is 7.59. The van der Waals surface area contributed by atoms with Crippen LogP contribution in [0.3, 0.4) is 0 Å². The van der Waals surface area contributed by atoms with Crippen LogP contribution in [-0.4, -0.2) is 28.0 Å². The molecule has 7 nitrogen and oxygen atoms in total. The van der Waals surface area contributed by atoms with Gasteiger partial charge in [-0.3, -0.25) is 10.1 Å². The topological polar surface area (TPSA) is 93.2 Å². The molecule has 0 bridgehead atoms. The van der Waals surface area contributed by atoms with E-state index in [-0.39, 0.29) is 17.6 Å². The van der Waals surface area contributed by atoms with E-state index in [1.165, 1.54) is 11.3 Å². The Hall–Kier alpha value is -3.40. The number of carbonyl (C=O) groups is 2. The molecule has 10 heteroatoms. The Bertz CT molecular complexity index is 1070. The fraction of sp³-hybridized carbons (Fsp3) is 0.200. The van der Waals surface area contributed by atoms with Crippen LogP contribution >= 0.6 is 11.3 Å². The SMILES string of the molecule is O=C(Nc1ncc2c(n1)CCC(NC(=O)c1cc(F)cc(F)c1)C2)Oc1cccs1. The van der Waals surface area contributed by atoms with Crippen LogP contribution in [0.5, 0.6) is 5.06 Å². The molecule has 4 rings (SSSR count). The molecule has 0 saturated carbocycles. The number of halogens is 2. The number of aromatic nitrogens is 2. The lowest BCUT2D eigenvalue weighted by molar-refractivity contribution is 0.0932. The Kier molecular flexibility index (Phi) is 5.66. The highest BCUT2D eigenvalue weighted by molar-refractivity contribution is 7.11. The van der Waals surface area contributed by atoms with Crippen molar-refractivity contribution in [1.29, 1.82) is 0 Å². The molecule has 0 radical (unpaired) electrons. The Morgan fingerprint density at radius 2 is 2.00 bits per heavy atom. The van der Waals surface area contributed by atoms with Crippen molar-refractivity contribution in [3.8, 4) is 5.06 Å². The molecule has 2 aromatic heterocycles. The van der Waals surface area contributed by atoms with E-state index in [1.807, 2.05) is 0 Å². The number of benzene rings is 1. The maximum absolute atomic E-state index is 13.3. The first kappa shape index (κ1) is 19.9. The van der Waals surface area contributed by atoms with Crippen LogP contribution < -0.4 is 15.4 Å². The number of thiophene rings is 1. The van der Waals surface area contributed by atoms with Gasteiger partial charge in [0, 0.05) is 29.6 Å². The van der Waals surface area contributed by atoms with E-state index >= 15 is 0 Å². The summed E-state index contributed by atoms with van der Waals surface area (Å²) in [6.45, 7) is 0. The van der Waals surface area contributed by atoms with Gasteiger partial charge in [-0.1, -0.05) is 0 Å². The number of nitrogens with one attached hydrogen (secondary N) is 2. The summed E-state index contributed by atoms with van der Waals surface area (Å²) in [5.41, 5.74) is 1.52. The highest BCUT2D eigenvalue weighted by Crippen LogP contribution is 2.22. The minimum absolute atomic E-state index is 0.0710. The van der Waals surface area contributed by atoms with E-state index in [0.29, 0.717) is 30.4 Å². The molecule has 30 heavy (non-hydrogen) atoms. The van der Waals surface area contributed by atoms with Gasteiger partial charge in [0.05, 0.1) is 0 Å². The first-order valence-corrected chi connectivity index (χ1v) is 9.98. The Balaban J connectivity index is 1.37.